The molecule has 1 rings (SSSR count). The molecule has 6 heteroatoms. The summed E-state index contributed by atoms with van der Waals surface area (Å²) in [6.45, 7) is 4.68. The summed E-state index contributed by atoms with van der Waals surface area (Å²) < 4.78 is 15.1. The first kappa shape index (κ1) is 14.8. The van der Waals surface area contributed by atoms with Gasteiger partial charge in [-0.2, -0.15) is 0 Å². The first-order valence-electron chi connectivity index (χ1n) is 5.91. The van der Waals surface area contributed by atoms with Crippen LogP contribution in [0, 0.1) is 0 Å². The number of hydrogen-bond acceptors (Lipinski definition) is 5. The highest BCUT2D eigenvalue weighted by molar-refractivity contribution is 6.37. The fraction of sp³-hybridized carbons (Fsp3) is 0.385. The summed E-state index contributed by atoms with van der Waals surface area (Å²) in [7, 11) is 1.14. The zero-order valence-corrected chi connectivity index (χ0v) is 11.2. The highest BCUT2D eigenvalue weighted by Gasteiger charge is 2.15. The maximum atomic E-state index is 11.4. The largest absolute Gasteiger partial charge is 0.490 e. The predicted octanol–water partition coefficient (Wildman–Crippen LogP) is 1.60. The fourth-order valence-electron chi connectivity index (χ4n) is 1.40. The highest BCUT2D eigenvalue weighted by atomic mass is 16.5. The predicted molar refractivity (Wildman–Crippen MR) is 69.4 cm³/mol. The Labute approximate surface area is 111 Å². The quantitative estimate of drug-likeness (QED) is 0.648. The molecule has 0 atom stereocenters. The van der Waals surface area contributed by atoms with Crippen molar-refractivity contribution in [3.05, 3.63) is 18.2 Å². The van der Waals surface area contributed by atoms with Crippen molar-refractivity contribution in [2.75, 3.05) is 25.6 Å². The summed E-state index contributed by atoms with van der Waals surface area (Å²) in [5.74, 6) is -0.701. The summed E-state index contributed by atoms with van der Waals surface area (Å²) in [6.07, 6.45) is 0. The summed E-state index contributed by atoms with van der Waals surface area (Å²) in [6, 6.07) is 4.88. The van der Waals surface area contributed by atoms with Gasteiger partial charge in [0.2, 0.25) is 0 Å². The maximum absolute atomic E-state index is 11.4. The van der Waals surface area contributed by atoms with E-state index in [4.69, 9.17) is 9.47 Å². The Morgan fingerprint density at radius 2 is 1.74 bits per heavy atom. The summed E-state index contributed by atoms with van der Waals surface area (Å²) in [4.78, 5) is 22.4. The molecule has 0 radical (unpaired) electrons. The Morgan fingerprint density at radius 3 is 2.32 bits per heavy atom. The average Bonchev–Trinajstić information content (AvgIpc) is 2.41. The Kier molecular flexibility index (Phi) is 5.66. The number of methoxy groups -OCH3 is 1. The number of ether oxygens (including phenoxy) is 3. The minimum atomic E-state index is -0.952. The van der Waals surface area contributed by atoms with Crippen LogP contribution in [0.4, 0.5) is 5.69 Å². The second kappa shape index (κ2) is 7.25. The number of anilines is 1. The third-order valence-corrected chi connectivity index (χ3v) is 2.17. The number of nitrogens with one attached hydrogen (secondary N) is 1. The van der Waals surface area contributed by atoms with E-state index in [0.717, 1.165) is 7.11 Å². The Morgan fingerprint density at radius 1 is 1.11 bits per heavy atom. The number of benzene rings is 1. The molecule has 0 fully saturated rings. The highest BCUT2D eigenvalue weighted by Crippen LogP contribution is 2.30. The van der Waals surface area contributed by atoms with Crippen molar-refractivity contribution in [1.82, 2.24) is 0 Å². The van der Waals surface area contributed by atoms with Gasteiger partial charge in [0, 0.05) is 11.8 Å². The van der Waals surface area contributed by atoms with Crippen molar-refractivity contribution in [1.29, 1.82) is 0 Å². The molecule has 0 aromatic heterocycles. The molecule has 1 N–H and O–H groups in total. The fourth-order valence-corrected chi connectivity index (χ4v) is 1.40. The van der Waals surface area contributed by atoms with Crippen LogP contribution in [0.1, 0.15) is 13.8 Å². The topological polar surface area (TPSA) is 73.9 Å². The monoisotopic (exact) mass is 267 g/mol. The molecule has 0 saturated carbocycles. The normalized spacial score (nSPS) is 9.63. The van der Waals surface area contributed by atoms with E-state index >= 15 is 0 Å². The van der Waals surface area contributed by atoms with Gasteiger partial charge < -0.3 is 19.5 Å². The standard InChI is InChI=1S/C13H17NO5/c1-4-18-10-7-6-9(8-11(10)19-5-2)14-12(15)13(16)17-3/h6-8H,4-5H2,1-3H3,(H,14,15). The van der Waals surface area contributed by atoms with Crippen LogP contribution in [-0.2, 0) is 14.3 Å². The van der Waals surface area contributed by atoms with Crippen molar-refractivity contribution < 1.29 is 23.8 Å². The first-order chi connectivity index (χ1) is 9.12. The summed E-state index contributed by atoms with van der Waals surface area (Å²) in [5.41, 5.74) is 0.433. The number of rotatable bonds is 5. The SMILES string of the molecule is CCOc1ccc(NC(=O)C(=O)OC)cc1OCC. The smallest absolute Gasteiger partial charge is 0.396 e. The average molecular weight is 267 g/mol. The maximum Gasteiger partial charge on any atom is 0.396 e. The van der Waals surface area contributed by atoms with Crippen LogP contribution in [0.5, 0.6) is 11.5 Å². The number of hydrogen-bond donors (Lipinski definition) is 1. The first-order valence-corrected chi connectivity index (χ1v) is 5.91. The van der Waals surface area contributed by atoms with Crippen LogP contribution in [0.15, 0.2) is 18.2 Å². The van der Waals surface area contributed by atoms with E-state index in [0.29, 0.717) is 30.4 Å². The van der Waals surface area contributed by atoms with E-state index in [1.54, 1.807) is 18.2 Å². The van der Waals surface area contributed by atoms with Crippen LogP contribution in [0.25, 0.3) is 0 Å². The molecule has 6 nitrogen and oxygen atoms in total. The second-order valence-electron chi connectivity index (χ2n) is 3.47. The van der Waals surface area contributed by atoms with Gasteiger partial charge in [0.25, 0.3) is 0 Å². The van der Waals surface area contributed by atoms with Crippen molar-refractivity contribution in [3.8, 4) is 11.5 Å². The van der Waals surface area contributed by atoms with Gasteiger partial charge >= 0.3 is 11.9 Å². The lowest BCUT2D eigenvalue weighted by Gasteiger charge is -2.12. The lowest BCUT2D eigenvalue weighted by atomic mass is 10.2. The van der Waals surface area contributed by atoms with E-state index in [-0.39, 0.29) is 0 Å². The molecule has 0 spiro atoms. The lowest BCUT2D eigenvalue weighted by molar-refractivity contribution is -0.150. The minimum absolute atomic E-state index is 0.433. The third kappa shape index (κ3) is 4.17. The van der Waals surface area contributed by atoms with Crippen molar-refractivity contribution >= 4 is 17.6 Å². The van der Waals surface area contributed by atoms with Crippen LogP contribution in [0.2, 0.25) is 0 Å². The molecular weight excluding hydrogens is 250 g/mol. The van der Waals surface area contributed by atoms with Gasteiger partial charge in [0.1, 0.15) is 0 Å². The van der Waals surface area contributed by atoms with Gasteiger partial charge in [-0.05, 0) is 26.0 Å². The molecular formula is C13H17NO5. The number of carbonyl (C=O) groups is 2. The lowest BCUT2D eigenvalue weighted by Crippen LogP contribution is -2.23. The number of esters is 1. The summed E-state index contributed by atoms with van der Waals surface area (Å²) >= 11 is 0. The molecule has 104 valence electrons. The second-order valence-corrected chi connectivity index (χ2v) is 3.47. The minimum Gasteiger partial charge on any atom is -0.490 e. The summed E-state index contributed by atoms with van der Waals surface area (Å²) in [5, 5.41) is 2.41. The zero-order chi connectivity index (χ0) is 14.3. The third-order valence-electron chi connectivity index (χ3n) is 2.17. The van der Waals surface area contributed by atoms with Crippen molar-refractivity contribution in [2.45, 2.75) is 13.8 Å². The molecule has 0 saturated heterocycles. The molecule has 0 bridgehead atoms. The van der Waals surface area contributed by atoms with E-state index < -0.39 is 11.9 Å². The van der Waals surface area contributed by atoms with Crippen LogP contribution in [-0.4, -0.2) is 32.2 Å². The Balaban J connectivity index is 2.88. The van der Waals surface area contributed by atoms with Crippen molar-refractivity contribution in [2.24, 2.45) is 0 Å². The Bertz CT molecular complexity index is 458. The molecule has 1 aromatic rings. The number of carbonyl (C=O) groups excluding carboxylic acids is 2. The number of amides is 1. The molecule has 0 aliphatic heterocycles. The molecule has 0 heterocycles. The van der Waals surface area contributed by atoms with Crippen molar-refractivity contribution in [3.63, 3.8) is 0 Å². The molecule has 0 aliphatic rings. The zero-order valence-electron chi connectivity index (χ0n) is 11.2. The van der Waals surface area contributed by atoms with E-state index in [9.17, 15) is 9.59 Å². The van der Waals surface area contributed by atoms with Crippen LogP contribution < -0.4 is 14.8 Å². The van der Waals surface area contributed by atoms with Gasteiger partial charge in [-0.3, -0.25) is 4.79 Å². The Hall–Kier alpha value is -2.24. The molecule has 19 heavy (non-hydrogen) atoms. The van der Waals surface area contributed by atoms with Crippen LogP contribution in [0.3, 0.4) is 0 Å². The van der Waals surface area contributed by atoms with Gasteiger partial charge in [-0.15, -0.1) is 0 Å². The van der Waals surface area contributed by atoms with E-state index in [1.165, 1.54) is 0 Å². The van der Waals surface area contributed by atoms with Gasteiger partial charge in [0.05, 0.1) is 20.3 Å². The molecule has 0 aliphatic carbocycles. The van der Waals surface area contributed by atoms with Gasteiger partial charge in [0.15, 0.2) is 11.5 Å². The molecule has 1 amide bonds. The van der Waals surface area contributed by atoms with Gasteiger partial charge in [-0.25, -0.2) is 4.79 Å². The molecule has 1 aromatic carbocycles. The van der Waals surface area contributed by atoms with Crippen LogP contribution >= 0.6 is 0 Å². The van der Waals surface area contributed by atoms with Gasteiger partial charge in [-0.1, -0.05) is 0 Å². The van der Waals surface area contributed by atoms with E-state index in [2.05, 4.69) is 10.1 Å². The molecule has 0 unspecified atom stereocenters. The van der Waals surface area contributed by atoms with E-state index in [1.807, 2.05) is 13.8 Å².